The van der Waals surface area contributed by atoms with Gasteiger partial charge in [0.1, 0.15) is 0 Å². The Hall–Kier alpha value is -2.14. The first kappa shape index (κ1) is 20.2. The first-order valence-electron chi connectivity index (χ1n) is 7.63. The van der Waals surface area contributed by atoms with Gasteiger partial charge in [0.15, 0.2) is 0 Å². The lowest BCUT2D eigenvalue weighted by molar-refractivity contribution is -0.147. The van der Waals surface area contributed by atoms with Crippen molar-refractivity contribution in [3.8, 4) is 0 Å². The maximum atomic E-state index is 12.7. The number of hydrogen-bond donors (Lipinski definition) is 1. The van der Waals surface area contributed by atoms with E-state index in [1.807, 2.05) is 6.92 Å². The van der Waals surface area contributed by atoms with Crippen molar-refractivity contribution < 1.29 is 21.6 Å². The van der Waals surface area contributed by atoms with Gasteiger partial charge in [0, 0.05) is 13.6 Å². The molecule has 0 aliphatic carbocycles. The molecule has 1 aromatic carbocycles. The van der Waals surface area contributed by atoms with Crippen LogP contribution in [0, 0.1) is 20.8 Å². The smallest absolute Gasteiger partial charge is 0.274 e. The highest BCUT2D eigenvalue weighted by molar-refractivity contribution is 7.89. The van der Waals surface area contributed by atoms with Crippen LogP contribution in [0.3, 0.4) is 0 Å². The van der Waals surface area contributed by atoms with Crippen LogP contribution in [-0.4, -0.2) is 29.3 Å². The van der Waals surface area contributed by atoms with Crippen molar-refractivity contribution in [1.29, 1.82) is 0 Å². The van der Waals surface area contributed by atoms with Crippen LogP contribution in [0.2, 0.25) is 0 Å². The van der Waals surface area contributed by atoms with Gasteiger partial charge in [0.05, 0.1) is 11.4 Å². The third kappa shape index (κ3) is 3.98. The Balaban J connectivity index is 2.19. The molecule has 0 atom stereocenters. The highest BCUT2D eigenvalue weighted by atomic mass is 32.2. The number of sulfonamides is 1. The van der Waals surface area contributed by atoms with Gasteiger partial charge >= 0.3 is 11.9 Å². The maximum absolute atomic E-state index is 12.7. The van der Waals surface area contributed by atoms with Gasteiger partial charge in [-0.1, -0.05) is 17.7 Å². The average Bonchev–Trinajstić information content (AvgIpc) is 2.73. The quantitative estimate of drug-likeness (QED) is 0.836. The molecule has 0 bridgehead atoms. The molecule has 0 fully saturated rings. The van der Waals surface area contributed by atoms with E-state index in [-0.39, 0.29) is 18.0 Å². The maximum Gasteiger partial charge on any atom is 0.451 e. The molecule has 7 nitrogen and oxygen atoms in total. The summed E-state index contributed by atoms with van der Waals surface area (Å²) in [6.07, 6.45) is -4.77. The van der Waals surface area contributed by atoms with Crippen molar-refractivity contribution in [1.82, 2.24) is 19.1 Å². The normalized spacial score (nSPS) is 12.6. The first-order valence-corrected chi connectivity index (χ1v) is 9.11. The van der Waals surface area contributed by atoms with Crippen LogP contribution in [-0.2, 0) is 29.8 Å². The summed E-state index contributed by atoms with van der Waals surface area (Å²) in [5.41, 5.74) is 1.06. The van der Waals surface area contributed by atoms with E-state index in [1.165, 1.54) is 0 Å². The minimum Gasteiger partial charge on any atom is -0.274 e. The zero-order valence-corrected chi connectivity index (χ0v) is 15.5. The molecule has 0 unspecified atom stereocenters. The van der Waals surface area contributed by atoms with E-state index in [1.54, 1.807) is 26.0 Å². The largest absolute Gasteiger partial charge is 0.451 e. The fourth-order valence-corrected chi connectivity index (χ4v) is 4.30. The van der Waals surface area contributed by atoms with Gasteiger partial charge in [-0.15, -0.1) is 5.10 Å². The predicted molar refractivity (Wildman–Crippen MR) is 88.3 cm³/mol. The van der Waals surface area contributed by atoms with Gasteiger partial charge in [-0.05, 0) is 31.9 Å². The van der Waals surface area contributed by atoms with Gasteiger partial charge in [-0.3, -0.25) is 4.57 Å². The van der Waals surface area contributed by atoms with Crippen LogP contribution in [0.5, 0.6) is 0 Å². The zero-order valence-electron chi connectivity index (χ0n) is 14.7. The lowest BCUT2D eigenvalue weighted by atomic mass is 10.1. The molecule has 144 valence electrons. The summed E-state index contributed by atoms with van der Waals surface area (Å²) in [5, 5.41) is 3.23. The molecule has 1 heterocycles. The molecule has 0 aliphatic heterocycles. The molecular weight excluding hydrogens is 373 g/mol. The van der Waals surface area contributed by atoms with Crippen LogP contribution >= 0.6 is 0 Å². The van der Waals surface area contributed by atoms with E-state index >= 15 is 0 Å². The van der Waals surface area contributed by atoms with Crippen molar-refractivity contribution in [2.24, 2.45) is 7.05 Å². The fourth-order valence-electron chi connectivity index (χ4n) is 2.83. The van der Waals surface area contributed by atoms with Crippen molar-refractivity contribution in [3.05, 3.63) is 45.1 Å². The number of aryl methyl sites for hydroxylation is 3. The summed E-state index contributed by atoms with van der Waals surface area (Å²) in [7, 11) is -2.92. The standard InChI is InChI=1S/C15H19F3N4O3S/c1-9-7-10(2)12(11(3)8-9)26(24,25)19-5-6-22-14(23)21(4)13(20-22)15(16,17)18/h7-8,19H,5-6H2,1-4H3. The summed E-state index contributed by atoms with van der Waals surface area (Å²) in [6.45, 7) is 4.56. The van der Waals surface area contributed by atoms with Gasteiger partial charge in [0.2, 0.25) is 15.8 Å². The molecule has 2 aromatic rings. The highest BCUT2D eigenvalue weighted by Crippen LogP contribution is 2.26. The Kier molecular flexibility index (Phi) is 5.34. The van der Waals surface area contributed by atoms with Gasteiger partial charge in [-0.2, -0.15) is 13.2 Å². The molecule has 0 saturated carbocycles. The van der Waals surface area contributed by atoms with Crippen LogP contribution in [0.1, 0.15) is 22.5 Å². The van der Waals surface area contributed by atoms with E-state index in [0.717, 1.165) is 12.6 Å². The van der Waals surface area contributed by atoms with Gasteiger partial charge in [0.25, 0.3) is 0 Å². The molecule has 1 N–H and O–H groups in total. The van der Waals surface area contributed by atoms with Crippen LogP contribution in [0.15, 0.2) is 21.8 Å². The van der Waals surface area contributed by atoms with E-state index in [4.69, 9.17) is 0 Å². The van der Waals surface area contributed by atoms with E-state index in [0.29, 0.717) is 20.4 Å². The summed E-state index contributed by atoms with van der Waals surface area (Å²) >= 11 is 0. The van der Waals surface area contributed by atoms with Crippen molar-refractivity contribution in [3.63, 3.8) is 0 Å². The minimum atomic E-state index is -4.77. The lowest BCUT2D eigenvalue weighted by Gasteiger charge is -2.13. The van der Waals surface area contributed by atoms with Crippen LogP contribution in [0.4, 0.5) is 13.2 Å². The van der Waals surface area contributed by atoms with Crippen LogP contribution in [0.25, 0.3) is 0 Å². The number of alkyl halides is 3. The Bertz CT molecular complexity index is 968. The Morgan fingerprint density at radius 2 is 1.69 bits per heavy atom. The number of halogens is 3. The molecule has 0 spiro atoms. The summed E-state index contributed by atoms with van der Waals surface area (Å²) < 4.78 is 66.5. The Morgan fingerprint density at radius 3 is 2.15 bits per heavy atom. The molecule has 11 heteroatoms. The zero-order chi connectivity index (χ0) is 19.9. The second kappa shape index (κ2) is 6.88. The van der Waals surface area contributed by atoms with Gasteiger partial charge in [-0.25, -0.2) is 22.6 Å². The summed E-state index contributed by atoms with van der Waals surface area (Å²) in [6, 6.07) is 3.45. The molecule has 26 heavy (non-hydrogen) atoms. The molecule has 2 rings (SSSR count). The highest BCUT2D eigenvalue weighted by Gasteiger charge is 2.38. The number of rotatable bonds is 5. The molecule has 0 aliphatic rings. The molecule has 1 aromatic heterocycles. The third-order valence-electron chi connectivity index (χ3n) is 3.78. The van der Waals surface area contributed by atoms with Gasteiger partial charge < -0.3 is 0 Å². The van der Waals surface area contributed by atoms with E-state index in [9.17, 15) is 26.4 Å². The SMILES string of the molecule is Cc1cc(C)c(S(=O)(=O)NCCn2nc(C(F)(F)F)n(C)c2=O)c(C)c1. The fraction of sp³-hybridized carbons (Fsp3) is 0.467. The second-order valence-corrected chi connectivity index (χ2v) is 7.72. The molecule has 0 amide bonds. The summed E-state index contributed by atoms with van der Waals surface area (Å²) in [4.78, 5) is 11.9. The van der Waals surface area contributed by atoms with Crippen LogP contribution < -0.4 is 10.4 Å². The second-order valence-electron chi connectivity index (χ2n) is 6.01. The van der Waals surface area contributed by atoms with Crippen molar-refractivity contribution in [2.75, 3.05) is 6.54 Å². The van der Waals surface area contributed by atoms with E-state index < -0.39 is 27.7 Å². The molecule has 0 saturated heterocycles. The predicted octanol–water partition coefficient (Wildman–Crippen LogP) is 1.50. The van der Waals surface area contributed by atoms with Crippen molar-refractivity contribution in [2.45, 2.75) is 38.4 Å². The number of nitrogens with one attached hydrogen (secondary N) is 1. The number of benzene rings is 1. The lowest BCUT2D eigenvalue weighted by Crippen LogP contribution is -2.32. The Labute approximate surface area is 148 Å². The van der Waals surface area contributed by atoms with Crippen molar-refractivity contribution >= 4 is 10.0 Å². The number of nitrogens with zero attached hydrogens (tertiary/aromatic N) is 3. The number of hydrogen-bond acceptors (Lipinski definition) is 4. The van der Waals surface area contributed by atoms with E-state index in [2.05, 4.69) is 9.82 Å². The monoisotopic (exact) mass is 392 g/mol. The molecule has 0 radical (unpaired) electrons. The topological polar surface area (TPSA) is 86.0 Å². The number of aromatic nitrogens is 3. The Morgan fingerprint density at radius 1 is 1.15 bits per heavy atom. The first-order chi connectivity index (χ1) is 11.8. The summed E-state index contributed by atoms with van der Waals surface area (Å²) in [5.74, 6) is -1.34. The average molecular weight is 392 g/mol. The minimum absolute atomic E-state index is 0.118. The third-order valence-corrected chi connectivity index (χ3v) is 5.55. The molecular formula is C15H19F3N4O3S.